The van der Waals surface area contributed by atoms with Gasteiger partial charge in [-0.3, -0.25) is 9.89 Å². The molecule has 0 aliphatic carbocycles. The summed E-state index contributed by atoms with van der Waals surface area (Å²) >= 11 is 0. The topological polar surface area (TPSA) is 61.8 Å². The lowest BCUT2D eigenvalue weighted by atomic mass is 10.1. The number of ether oxygens (including phenoxy) is 1. The maximum atomic E-state index is 5.18. The summed E-state index contributed by atoms with van der Waals surface area (Å²) in [5.74, 6) is 1.39. The summed E-state index contributed by atoms with van der Waals surface area (Å²) in [5, 5.41) is 6.82. The average Bonchev–Trinajstić information content (AvgIpc) is 2.73. The number of aromatic nitrogens is 1. The highest BCUT2D eigenvalue weighted by Gasteiger charge is 2.18. The Morgan fingerprint density at radius 1 is 1.15 bits per heavy atom. The Morgan fingerprint density at radius 2 is 1.89 bits per heavy atom. The molecular weight excluding hydrogens is 338 g/mol. The molecule has 2 N–H and O–H groups in total. The molecule has 6 heteroatoms. The number of benzene rings is 1. The Balaban J connectivity index is 1.99. The Morgan fingerprint density at radius 3 is 2.52 bits per heavy atom. The first kappa shape index (κ1) is 20.7. The monoisotopic (exact) mass is 369 g/mol. The number of pyridine rings is 1. The second-order valence-corrected chi connectivity index (χ2v) is 6.16. The predicted molar refractivity (Wildman–Crippen MR) is 111 cm³/mol. The second-order valence-electron chi connectivity index (χ2n) is 6.16. The third-order valence-electron chi connectivity index (χ3n) is 4.59. The Kier molecular flexibility index (Phi) is 8.58. The molecule has 0 amide bonds. The van der Waals surface area contributed by atoms with Gasteiger partial charge in [0.1, 0.15) is 0 Å². The summed E-state index contributed by atoms with van der Waals surface area (Å²) in [4.78, 5) is 10.9. The Hall–Kier alpha value is -2.60. The normalized spacial score (nSPS) is 12.7. The van der Waals surface area contributed by atoms with Crippen LogP contribution in [0.4, 0.5) is 0 Å². The van der Waals surface area contributed by atoms with Crippen LogP contribution in [0, 0.1) is 0 Å². The minimum Gasteiger partial charge on any atom is -0.481 e. The van der Waals surface area contributed by atoms with Crippen LogP contribution in [0.5, 0.6) is 5.88 Å². The van der Waals surface area contributed by atoms with Gasteiger partial charge in [0.25, 0.3) is 0 Å². The lowest BCUT2D eigenvalue weighted by Gasteiger charge is -2.30. The zero-order valence-corrected chi connectivity index (χ0v) is 16.8. The molecule has 146 valence electrons. The second kappa shape index (κ2) is 11.2. The van der Waals surface area contributed by atoms with Crippen molar-refractivity contribution in [2.45, 2.75) is 26.4 Å². The molecule has 0 aliphatic heterocycles. The number of nitrogens with one attached hydrogen (secondary N) is 2. The molecule has 0 saturated heterocycles. The van der Waals surface area contributed by atoms with Crippen LogP contribution in [0.25, 0.3) is 0 Å². The van der Waals surface area contributed by atoms with E-state index in [0.717, 1.165) is 31.2 Å². The van der Waals surface area contributed by atoms with Gasteiger partial charge in [-0.1, -0.05) is 44.2 Å². The van der Waals surface area contributed by atoms with Gasteiger partial charge in [0, 0.05) is 32.4 Å². The van der Waals surface area contributed by atoms with Crippen LogP contribution in [0.2, 0.25) is 0 Å². The Labute approximate surface area is 162 Å². The van der Waals surface area contributed by atoms with E-state index in [1.54, 1.807) is 20.4 Å². The van der Waals surface area contributed by atoms with Gasteiger partial charge in [-0.25, -0.2) is 4.98 Å². The number of hydrogen-bond donors (Lipinski definition) is 2. The number of guanidine groups is 1. The largest absolute Gasteiger partial charge is 0.481 e. The molecule has 0 aliphatic rings. The fourth-order valence-corrected chi connectivity index (χ4v) is 3.07. The van der Waals surface area contributed by atoms with Crippen molar-refractivity contribution in [2.24, 2.45) is 4.99 Å². The summed E-state index contributed by atoms with van der Waals surface area (Å²) < 4.78 is 5.18. The molecule has 27 heavy (non-hydrogen) atoms. The van der Waals surface area contributed by atoms with Crippen LogP contribution in [0.1, 0.15) is 31.0 Å². The molecule has 6 nitrogen and oxygen atoms in total. The van der Waals surface area contributed by atoms with Crippen LogP contribution in [-0.2, 0) is 6.54 Å². The summed E-state index contributed by atoms with van der Waals surface area (Å²) in [6.45, 7) is 7.83. The van der Waals surface area contributed by atoms with Crippen LogP contribution in [0.3, 0.4) is 0 Å². The van der Waals surface area contributed by atoms with Gasteiger partial charge in [0.05, 0.1) is 13.2 Å². The van der Waals surface area contributed by atoms with Gasteiger partial charge in [-0.05, 0) is 30.3 Å². The zero-order valence-electron chi connectivity index (χ0n) is 16.8. The van der Waals surface area contributed by atoms with Gasteiger partial charge in [-0.15, -0.1) is 0 Å². The number of nitrogens with zero attached hydrogens (tertiary/aromatic N) is 3. The van der Waals surface area contributed by atoms with Crippen molar-refractivity contribution in [2.75, 3.05) is 33.8 Å². The molecule has 0 radical (unpaired) electrons. The standard InChI is InChI=1S/C21H31N5O/c1-5-26(6-2)19(18-10-8-7-9-11-18)16-25-21(22-3)24-15-17-12-13-23-20(14-17)27-4/h7-14,19H,5-6,15-16H2,1-4H3,(H2,22,24,25). The lowest BCUT2D eigenvalue weighted by Crippen LogP contribution is -2.43. The van der Waals surface area contributed by atoms with Crippen LogP contribution < -0.4 is 15.4 Å². The number of methoxy groups -OCH3 is 1. The fourth-order valence-electron chi connectivity index (χ4n) is 3.07. The molecule has 1 aromatic heterocycles. The summed E-state index contributed by atoms with van der Waals surface area (Å²) in [5.41, 5.74) is 2.40. The fraction of sp³-hybridized carbons (Fsp3) is 0.429. The minimum absolute atomic E-state index is 0.292. The molecule has 1 atom stereocenters. The van der Waals surface area contributed by atoms with E-state index >= 15 is 0 Å². The number of rotatable bonds is 9. The van der Waals surface area contributed by atoms with Crippen LogP contribution in [0.15, 0.2) is 53.7 Å². The molecule has 0 saturated carbocycles. The van der Waals surface area contributed by atoms with Crippen molar-refractivity contribution < 1.29 is 4.74 Å². The SMILES string of the molecule is CCN(CC)C(CNC(=NC)NCc1ccnc(OC)c1)c1ccccc1. The van der Waals surface area contributed by atoms with Crippen LogP contribution in [-0.4, -0.2) is 49.6 Å². The van der Waals surface area contributed by atoms with E-state index in [4.69, 9.17) is 4.74 Å². The third kappa shape index (κ3) is 6.25. The maximum Gasteiger partial charge on any atom is 0.213 e. The van der Waals surface area contributed by atoms with Crippen LogP contribution >= 0.6 is 0 Å². The van der Waals surface area contributed by atoms with E-state index in [9.17, 15) is 0 Å². The number of hydrogen-bond acceptors (Lipinski definition) is 4. The van der Waals surface area contributed by atoms with Gasteiger partial charge < -0.3 is 15.4 Å². The molecule has 2 aromatic rings. The highest BCUT2D eigenvalue weighted by atomic mass is 16.5. The first-order chi connectivity index (χ1) is 13.2. The van der Waals surface area contributed by atoms with Gasteiger partial charge in [-0.2, -0.15) is 0 Å². The van der Waals surface area contributed by atoms with Crippen molar-refractivity contribution >= 4 is 5.96 Å². The smallest absolute Gasteiger partial charge is 0.213 e. The molecule has 1 unspecified atom stereocenters. The first-order valence-electron chi connectivity index (χ1n) is 9.44. The van der Waals surface area contributed by atoms with E-state index < -0.39 is 0 Å². The quantitative estimate of drug-likeness (QED) is 0.526. The highest BCUT2D eigenvalue weighted by Crippen LogP contribution is 2.19. The maximum absolute atomic E-state index is 5.18. The molecule has 1 aromatic carbocycles. The molecule has 0 spiro atoms. The third-order valence-corrected chi connectivity index (χ3v) is 4.59. The average molecular weight is 370 g/mol. The van der Waals surface area contributed by atoms with E-state index in [1.807, 2.05) is 12.1 Å². The minimum atomic E-state index is 0.292. The van der Waals surface area contributed by atoms with Gasteiger partial charge in [0.15, 0.2) is 5.96 Å². The summed E-state index contributed by atoms with van der Waals surface area (Å²) in [6, 6.07) is 14.8. The lowest BCUT2D eigenvalue weighted by molar-refractivity contribution is 0.219. The molecule has 0 fully saturated rings. The molecule has 1 heterocycles. The van der Waals surface area contributed by atoms with E-state index in [0.29, 0.717) is 18.5 Å². The van der Waals surface area contributed by atoms with E-state index in [-0.39, 0.29) is 0 Å². The molecule has 2 rings (SSSR count). The predicted octanol–water partition coefficient (Wildman–Crippen LogP) is 2.84. The first-order valence-corrected chi connectivity index (χ1v) is 9.44. The summed E-state index contributed by atoms with van der Waals surface area (Å²) in [6.07, 6.45) is 1.75. The van der Waals surface area contributed by atoms with Gasteiger partial charge >= 0.3 is 0 Å². The van der Waals surface area contributed by atoms with Crippen molar-refractivity contribution in [3.63, 3.8) is 0 Å². The van der Waals surface area contributed by atoms with Crippen molar-refractivity contribution in [3.05, 3.63) is 59.8 Å². The number of likely N-dealkylation sites (N-methyl/N-ethyl adjacent to an activating group) is 1. The highest BCUT2D eigenvalue weighted by molar-refractivity contribution is 5.79. The van der Waals surface area contributed by atoms with Crippen molar-refractivity contribution in [1.29, 1.82) is 0 Å². The molecular formula is C21H31N5O. The zero-order chi connectivity index (χ0) is 19.5. The van der Waals surface area contributed by atoms with Gasteiger partial charge in [0.2, 0.25) is 5.88 Å². The van der Waals surface area contributed by atoms with E-state index in [1.165, 1.54) is 5.56 Å². The Bertz CT molecular complexity index is 701. The van der Waals surface area contributed by atoms with Crippen molar-refractivity contribution in [1.82, 2.24) is 20.5 Å². The van der Waals surface area contributed by atoms with Crippen molar-refractivity contribution in [3.8, 4) is 5.88 Å². The van der Waals surface area contributed by atoms with E-state index in [2.05, 4.69) is 69.7 Å². The molecule has 0 bridgehead atoms. The number of aliphatic imine (C=N–C) groups is 1. The summed E-state index contributed by atoms with van der Waals surface area (Å²) in [7, 11) is 3.41.